The maximum atomic E-state index is 8.71. The lowest BCUT2D eigenvalue weighted by atomic mass is 10.2. The average molecular weight is 294 g/mol. The van der Waals surface area contributed by atoms with Crippen LogP contribution >= 0.6 is 0 Å². The van der Waals surface area contributed by atoms with Crippen LogP contribution < -0.4 is 4.74 Å². The van der Waals surface area contributed by atoms with Crippen LogP contribution in [-0.2, 0) is 14.2 Å². The molecule has 0 saturated carbocycles. The van der Waals surface area contributed by atoms with Gasteiger partial charge in [0.1, 0.15) is 19.0 Å². The van der Waals surface area contributed by atoms with Gasteiger partial charge in [-0.25, -0.2) is 0 Å². The predicted octanol–water partition coefficient (Wildman–Crippen LogP) is 1.09. The lowest BCUT2D eigenvalue weighted by molar-refractivity contribution is 0.0179. The first-order chi connectivity index (χ1) is 10.4. The van der Waals surface area contributed by atoms with Gasteiger partial charge in [0.25, 0.3) is 0 Å². The van der Waals surface area contributed by atoms with E-state index in [1.807, 2.05) is 24.3 Å². The summed E-state index contributed by atoms with van der Waals surface area (Å²) in [7, 11) is 1.64. The Morgan fingerprint density at radius 1 is 0.952 bits per heavy atom. The minimum Gasteiger partial charge on any atom is -0.490 e. The molecule has 0 saturated heterocycles. The molecule has 0 spiro atoms. The summed E-state index contributed by atoms with van der Waals surface area (Å²) in [5.74, 6) is 6.15. The second kappa shape index (κ2) is 12.2. The highest BCUT2D eigenvalue weighted by Gasteiger charge is 1.99. The van der Waals surface area contributed by atoms with Gasteiger partial charge in [0.15, 0.2) is 0 Å². The Hall–Kier alpha value is -1.58. The molecule has 1 aromatic rings. The summed E-state index contributed by atoms with van der Waals surface area (Å²) in [5.41, 5.74) is 0.759. The third-order valence-electron chi connectivity index (χ3n) is 2.48. The Morgan fingerprint density at radius 3 is 2.33 bits per heavy atom. The normalized spacial score (nSPS) is 10.0. The van der Waals surface area contributed by atoms with E-state index in [2.05, 4.69) is 11.8 Å². The summed E-state index contributed by atoms with van der Waals surface area (Å²) in [6, 6.07) is 7.45. The van der Waals surface area contributed by atoms with Crippen molar-refractivity contribution in [3.8, 4) is 17.6 Å². The summed E-state index contributed by atoms with van der Waals surface area (Å²) in [4.78, 5) is 0. The van der Waals surface area contributed by atoms with E-state index in [0.29, 0.717) is 45.4 Å². The second-order valence-corrected chi connectivity index (χ2v) is 4.02. The van der Waals surface area contributed by atoms with Gasteiger partial charge >= 0.3 is 0 Å². The highest BCUT2D eigenvalue weighted by atomic mass is 16.6. The molecule has 0 radical (unpaired) electrons. The van der Waals surface area contributed by atoms with E-state index in [0.717, 1.165) is 5.56 Å². The van der Waals surface area contributed by atoms with Crippen LogP contribution in [-0.4, -0.2) is 58.5 Å². The molecule has 5 heteroatoms. The van der Waals surface area contributed by atoms with Crippen LogP contribution in [0.3, 0.4) is 0 Å². The van der Waals surface area contributed by atoms with Crippen molar-refractivity contribution in [2.75, 3.05) is 53.4 Å². The molecule has 1 N–H and O–H groups in total. The van der Waals surface area contributed by atoms with Gasteiger partial charge in [-0.1, -0.05) is 24.0 Å². The fourth-order valence-electron chi connectivity index (χ4n) is 1.51. The van der Waals surface area contributed by atoms with Crippen molar-refractivity contribution in [2.45, 2.75) is 0 Å². The fourth-order valence-corrected chi connectivity index (χ4v) is 1.51. The molecule has 0 bridgehead atoms. The van der Waals surface area contributed by atoms with Crippen molar-refractivity contribution in [1.29, 1.82) is 0 Å². The fraction of sp³-hybridized carbons (Fsp3) is 0.500. The third kappa shape index (κ3) is 8.33. The topological polar surface area (TPSA) is 57.2 Å². The zero-order valence-electron chi connectivity index (χ0n) is 12.3. The Labute approximate surface area is 125 Å². The SMILES string of the molecule is COCCOCCOCCOc1ccccc1C#CCO. The Balaban J connectivity index is 2.15. The molecule has 0 aliphatic carbocycles. The summed E-state index contributed by atoms with van der Waals surface area (Å²) in [5, 5.41) is 8.71. The van der Waals surface area contributed by atoms with E-state index in [1.54, 1.807) is 7.11 Å². The molecule has 0 aliphatic heterocycles. The van der Waals surface area contributed by atoms with Crippen molar-refractivity contribution < 1.29 is 24.1 Å². The molecule has 0 atom stereocenters. The molecular weight excluding hydrogens is 272 g/mol. The largest absolute Gasteiger partial charge is 0.490 e. The van der Waals surface area contributed by atoms with Crippen LogP contribution in [0.25, 0.3) is 0 Å². The molecule has 0 aromatic heterocycles. The van der Waals surface area contributed by atoms with Crippen molar-refractivity contribution in [1.82, 2.24) is 0 Å². The van der Waals surface area contributed by atoms with Crippen molar-refractivity contribution >= 4 is 0 Å². The van der Waals surface area contributed by atoms with E-state index < -0.39 is 0 Å². The molecule has 0 aliphatic rings. The molecule has 5 nitrogen and oxygen atoms in total. The minimum absolute atomic E-state index is 0.166. The number of benzene rings is 1. The molecule has 0 heterocycles. The molecule has 0 fully saturated rings. The van der Waals surface area contributed by atoms with E-state index in [1.165, 1.54) is 0 Å². The molecule has 21 heavy (non-hydrogen) atoms. The van der Waals surface area contributed by atoms with Gasteiger partial charge in [-0.3, -0.25) is 0 Å². The minimum atomic E-state index is -0.166. The van der Waals surface area contributed by atoms with Gasteiger partial charge in [-0.15, -0.1) is 0 Å². The van der Waals surface area contributed by atoms with Crippen LogP contribution in [0.4, 0.5) is 0 Å². The Morgan fingerprint density at radius 2 is 1.62 bits per heavy atom. The van der Waals surface area contributed by atoms with Gasteiger partial charge in [-0.05, 0) is 12.1 Å². The second-order valence-electron chi connectivity index (χ2n) is 4.02. The molecule has 1 aromatic carbocycles. The summed E-state index contributed by atoms with van der Waals surface area (Å²) in [6.45, 7) is 2.99. The first-order valence-corrected chi connectivity index (χ1v) is 6.84. The molecule has 116 valence electrons. The van der Waals surface area contributed by atoms with Crippen molar-refractivity contribution in [2.24, 2.45) is 0 Å². The van der Waals surface area contributed by atoms with E-state index in [4.69, 9.17) is 24.1 Å². The number of hydrogen-bond acceptors (Lipinski definition) is 5. The lowest BCUT2D eigenvalue weighted by Crippen LogP contribution is -2.12. The number of para-hydroxylation sites is 1. The Kier molecular flexibility index (Phi) is 10.1. The van der Waals surface area contributed by atoms with Gasteiger partial charge in [0, 0.05) is 7.11 Å². The first kappa shape index (κ1) is 17.5. The maximum absolute atomic E-state index is 8.71. The number of methoxy groups -OCH3 is 1. The van der Waals surface area contributed by atoms with E-state index in [9.17, 15) is 0 Å². The smallest absolute Gasteiger partial charge is 0.135 e. The number of rotatable bonds is 10. The summed E-state index contributed by atoms with van der Waals surface area (Å²) < 4.78 is 21.1. The van der Waals surface area contributed by atoms with E-state index in [-0.39, 0.29) is 6.61 Å². The maximum Gasteiger partial charge on any atom is 0.135 e. The number of aliphatic hydroxyl groups is 1. The standard InChI is InChI=1S/C16H22O5/c1-18-9-10-19-11-12-20-13-14-21-16-7-3-2-5-15(16)6-4-8-17/h2-3,5,7,17H,8-14H2,1H3. The zero-order valence-corrected chi connectivity index (χ0v) is 12.3. The third-order valence-corrected chi connectivity index (χ3v) is 2.48. The van der Waals surface area contributed by atoms with Gasteiger partial charge < -0.3 is 24.1 Å². The number of ether oxygens (including phenoxy) is 4. The summed E-state index contributed by atoms with van der Waals surface area (Å²) in [6.07, 6.45) is 0. The summed E-state index contributed by atoms with van der Waals surface area (Å²) >= 11 is 0. The monoisotopic (exact) mass is 294 g/mol. The Bertz CT molecular complexity index is 436. The van der Waals surface area contributed by atoms with Crippen molar-refractivity contribution in [3.05, 3.63) is 29.8 Å². The van der Waals surface area contributed by atoms with Gasteiger partial charge in [0.05, 0.1) is 38.6 Å². The van der Waals surface area contributed by atoms with E-state index >= 15 is 0 Å². The van der Waals surface area contributed by atoms with Gasteiger partial charge in [0.2, 0.25) is 0 Å². The molecule has 0 amide bonds. The first-order valence-electron chi connectivity index (χ1n) is 6.84. The van der Waals surface area contributed by atoms with Crippen LogP contribution in [0.2, 0.25) is 0 Å². The van der Waals surface area contributed by atoms with Crippen LogP contribution in [0.15, 0.2) is 24.3 Å². The van der Waals surface area contributed by atoms with Crippen LogP contribution in [0.1, 0.15) is 5.56 Å². The highest BCUT2D eigenvalue weighted by Crippen LogP contribution is 2.16. The quantitative estimate of drug-likeness (QED) is 0.517. The molecular formula is C16H22O5. The number of hydrogen-bond donors (Lipinski definition) is 1. The van der Waals surface area contributed by atoms with Crippen molar-refractivity contribution in [3.63, 3.8) is 0 Å². The number of aliphatic hydroxyl groups excluding tert-OH is 1. The highest BCUT2D eigenvalue weighted by molar-refractivity contribution is 5.45. The molecule has 1 rings (SSSR count). The van der Waals surface area contributed by atoms with Crippen LogP contribution in [0, 0.1) is 11.8 Å². The van der Waals surface area contributed by atoms with Gasteiger partial charge in [-0.2, -0.15) is 0 Å². The zero-order chi connectivity index (χ0) is 15.2. The average Bonchev–Trinajstić information content (AvgIpc) is 2.52. The van der Waals surface area contributed by atoms with Crippen LogP contribution in [0.5, 0.6) is 5.75 Å². The molecule has 0 unspecified atom stereocenters. The predicted molar refractivity (Wildman–Crippen MR) is 79.4 cm³/mol. The lowest BCUT2D eigenvalue weighted by Gasteiger charge is -2.09.